The Morgan fingerprint density at radius 3 is 2.73 bits per heavy atom. The Balaban J connectivity index is 1.90. The molecule has 0 atom stereocenters. The van der Waals surface area contributed by atoms with E-state index >= 15 is 0 Å². The highest BCUT2D eigenvalue weighted by Crippen LogP contribution is 2.21. The van der Waals surface area contributed by atoms with Crippen molar-refractivity contribution >= 4 is 46.4 Å². The lowest BCUT2D eigenvalue weighted by Gasteiger charge is -2.16. The summed E-state index contributed by atoms with van der Waals surface area (Å²) in [6, 6.07) is 6.42. The Kier molecular flexibility index (Phi) is 5.83. The summed E-state index contributed by atoms with van der Waals surface area (Å²) < 4.78 is 5.00. The van der Waals surface area contributed by atoms with E-state index in [4.69, 9.17) is 27.9 Å². The van der Waals surface area contributed by atoms with Gasteiger partial charge in [0.15, 0.2) is 6.61 Å². The van der Waals surface area contributed by atoms with Crippen molar-refractivity contribution in [1.29, 1.82) is 0 Å². The van der Waals surface area contributed by atoms with Crippen LogP contribution in [0.5, 0.6) is 0 Å². The summed E-state index contributed by atoms with van der Waals surface area (Å²) in [7, 11) is 1.65. The van der Waals surface area contributed by atoms with Crippen LogP contribution in [0.15, 0.2) is 35.0 Å². The fourth-order valence-electron chi connectivity index (χ4n) is 1.71. The predicted octanol–water partition coefficient (Wildman–Crippen LogP) is 3.87. The van der Waals surface area contributed by atoms with Gasteiger partial charge in [0.2, 0.25) is 0 Å². The van der Waals surface area contributed by atoms with Crippen LogP contribution in [-0.4, -0.2) is 30.4 Å². The van der Waals surface area contributed by atoms with Gasteiger partial charge in [0.25, 0.3) is 5.91 Å². The molecule has 4 nitrogen and oxygen atoms in total. The first-order valence-electron chi connectivity index (χ1n) is 6.34. The van der Waals surface area contributed by atoms with Gasteiger partial charge >= 0.3 is 5.97 Å². The molecule has 2 aromatic rings. The SMILES string of the molecule is CN(Cc1ccsc1)C(=O)COC(=O)c1cc(Cl)ccc1Cl. The van der Waals surface area contributed by atoms with E-state index in [0.29, 0.717) is 11.6 Å². The zero-order valence-electron chi connectivity index (χ0n) is 11.7. The van der Waals surface area contributed by atoms with E-state index < -0.39 is 5.97 Å². The fraction of sp³-hybridized carbons (Fsp3) is 0.200. The molecule has 7 heteroatoms. The van der Waals surface area contributed by atoms with E-state index in [2.05, 4.69) is 0 Å². The second kappa shape index (κ2) is 7.63. The van der Waals surface area contributed by atoms with Gasteiger partial charge < -0.3 is 9.64 Å². The molecule has 0 radical (unpaired) electrons. The Labute approximate surface area is 142 Å². The van der Waals surface area contributed by atoms with Gasteiger partial charge in [-0.05, 0) is 40.6 Å². The van der Waals surface area contributed by atoms with E-state index in [9.17, 15) is 9.59 Å². The average Bonchev–Trinajstić information content (AvgIpc) is 2.99. The van der Waals surface area contributed by atoms with Gasteiger partial charge in [0, 0.05) is 18.6 Å². The summed E-state index contributed by atoms with van der Waals surface area (Å²) in [5.74, 6) is -0.970. The third kappa shape index (κ3) is 4.47. The third-order valence-electron chi connectivity index (χ3n) is 2.90. The number of hydrogen-bond acceptors (Lipinski definition) is 4. The molecule has 1 aromatic carbocycles. The molecule has 0 unspecified atom stereocenters. The van der Waals surface area contributed by atoms with Crippen LogP contribution in [0, 0.1) is 0 Å². The number of thiophene rings is 1. The summed E-state index contributed by atoms with van der Waals surface area (Å²) >= 11 is 13.3. The Morgan fingerprint density at radius 2 is 2.05 bits per heavy atom. The smallest absolute Gasteiger partial charge is 0.340 e. The van der Waals surface area contributed by atoms with Crippen molar-refractivity contribution in [3.63, 3.8) is 0 Å². The molecular formula is C15H13Cl2NO3S. The minimum atomic E-state index is -0.676. The predicted molar refractivity (Wildman–Crippen MR) is 87.5 cm³/mol. The van der Waals surface area contributed by atoms with Crippen LogP contribution in [0.1, 0.15) is 15.9 Å². The van der Waals surface area contributed by atoms with E-state index in [1.165, 1.54) is 17.0 Å². The molecule has 22 heavy (non-hydrogen) atoms. The zero-order valence-corrected chi connectivity index (χ0v) is 14.0. The molecule has 0 fully saturated rings. The van der Waals surface area contributed by atoms with Crippen molar-refractivity contribution in [2.24, 2.45) is 0 Å². The summed E-state index contributed by atoms with van der Waals surface area (Å²) in [6.45, 7) is 0.125. The molecule has 1 heterocycles. The average molecular weight is 358 g/mol. The van der Waals surface area contributed by atoms with Crippen LogP contribution in [-0.2, 0) is 16.1 Å². The molecule has 1 aromatic heterocycles. The second-order valence-electron chi connectivity index (χ2n) is 4.58. The Morgan fingerprint density at radius 1 is 1.27 bits per heavy atom. The summed E-state index contributed by atoms with van der Waals surface area (Å²) in [4.78, 5) is 25.4. The van der Waals surface area contributed by atoms with Gasteiger partial charge in [-0.1, -0.05) is 23.2 Å². The first kappa shape index (κ1) is 16.8. The molecule has 2 rings (SSSR count). The van der Waals surface area contributed by atoms with Crippen molar-refractivity contribution in [2.45, 2.75) is 6.54 Å². The van der Waals surface area contributed by atoms with Gasteiger partial charge in [-0.3, -0.25) is 4.79 Å². The lowest BCUT2D eigenvalue weighted by molar-refractivity contribution is -0.133. The highest BCUT2D eigenvalue weighted by molar-refractivity contribution is 7.07. The van der Waals surface area contributed by atoms with E-state index in [-0.39, 0.29) is 23.1 Å². The lowest BCUT2D eigenvalue weighted by Crippen LogP contribution is -2.30. The normalized spacial score (nSPS) is 10.3. The quantitative estimate of drug-likeness (QED) is 0.763. The molecule has 0 saturated carbocycles. The minimum Gasteiger partial charge on any atom is -0.452 e. The highest BCUT2D eigenvalue weighted by atomic mass is 35.5. The lowest BCUT2D eigenvalue weighted by atomic mass is 10.2. The Hall–Kier alpha value is -1.56. The minimum absolute atomic E-state index is 0.141. The molecule has 0 aliphatic carbocycles. The number of carbonyl (C=O) groups excluding carboxylic acids is 2. The maximum Gasteiger partial charge on any atom is 0.340 e. The van der Waals surface area contributed by atoms with Crippen molar-refractivity contribution in [2.75, 3.05) is 13.7 Å². The number of nitrogens with zero attached hydrogens (tertiary/aromatic N) is 1. The van der Waals surface area contributed by atoms with E-state index in [1.54, 1.807) is 24.5 Å². The molecule has 0 aliphatic heterocycles. The van der Waals surface area contributed by atoms with Gasteiger partial charge in [0.05, 0.1) is 10.6 Å². The number of hydrogen-bond donors (Lipinski definition) is 0. The van der Waals surface area contributed by atoms with Crippen molar-refractivity contribution < 1.29 is 14.3 Å². The van der Waals surface area contributed by atoms with E-state index in [0.717, 1.165) is 5.56 Å². The second-order valence-corrected chi connectivity index (χ2v) is 6.21. The third-order valence-corrected chi connectivity index (χ3v) is 4.20. The number of ether oxygens (including phenoxy) is 1. The number of likely N-dealkylation sites (N-methyl/N-ethyl adjacent to an activating group) is 1. The molecule has 0 spiro atoms. The summed E-state index contributed by atoms with van der Waals surface area (Å²) in [5.41, 5.74) is 1.17. The first-order chi connectivity index (χ1) is 10.5. The number of amides is 1. The zero-order chi connectivity index (χ0) is 16.1. The van der Waals surface area contributed by atoms with Gasteiger partial charge in [-0.2, -0.15) is 11.3 Å². The molecular weight excluding hydrogens is 345 g/mol. The van der Waals surface area contributed by atoms with Gasteiger partial charge in [-0.15, -0.1) is 0 Å². The number of esters is 1. The van der Waals surface area contributed by atoms with Crippen LogP contribution in [0.3, 0.4) is 0 Å². The number of benzene rings is 1. The van der Waals surface area contributed by atoms with Crippen molar-refractivity contribution in [3.05, 3.63) is 56.2 Å². The van der Waals surface area contributed by atoms with Crippen LogP contribution >= 0.6 is 34.5 Å². The van der Waals surface area contributed by atoms with Crippen molar-refractivity contribution in [3.8, 4) is 0 Å². The topological polar surface area (TPSA) is 46.6 Å². The Bertz CT molecular complexity index is 673. The first-order valence-corrected chi connectivity index (χ1v) is 8.04. The van der Waals surface area contributed by atoms with E-state index in [1.807, 2.05) is 16.8 Å². The summed E-state index contributed by atoms with van der Waals surface area (Å²) in [5, 5.41) is 4.50. The fourth-order valence-corrected chi connectivity index (χ4v) is 2.74. The van der Waals surface area contributed by atoms with Crippen LogP contribution in [0.4, 0.5) is 0 Å². The largest absolute Gasteiger partial charge is 0.452 e. The van der Waals surface area contributed by atoms with Crippen LogP contribution in [0.2, 0.25) is 10.0 Å². The number of halogens is 2. The number of carbonyl (C=O) groups is 2. The molecule has 1 amide bonds. The molecule has 0 bridgehead atoms. The number of rotatable bonds is 5. The highest BCUT2D eigenvalue weighted by Gasteiger charge is 2.16. The molecule has 0 aliphatic rings. The van der Waals surface area contributed by atoms with Crippen LogP contribution < -0.4 is 0 Å². The van der Waals surface area contributed by atoms with Crippen LogP contribution in [0.25, 0.3) is 0 Å². The molecule has 116 valence electrons. The van der Waals surface area contributed by atoms with Crippen molar-refractivity contribution in [1.82, 2.24) is 4.90 Å². The maximum atomic E-state index is 11.9. The standard InChI is InChI=1S/C15H13Cl2NO3S/c1-18(7-10-4-5-22-9-10)14(19)8-21-15(20)12-6-11(16)2-3-13(12)17/h2-6,9H,7-8H2,1H3. The molecule has 0 saturated heterocycles. The van der Waals surface area contributed by atoms with Gasteiger partial charge in [-0.25, -0.2) is 4.79 Å². The monoisotopic (exact) mass is 357 g/mol. The molecule has 0 N–H and O–H groups in total. The maximum absolute atomic E-state index is 11.9. The van der Waals surface area contributed by atoms with Gasteiger partial charge in [0.1, 0.15) is 0 Å². The summed E-state index contributed by atoms with van der Waals surface area (Å²) in [6.07, 6.45) is 0.